The summed E-state index contributed by atoms with van der Waals surface area (Å²) >= 11 is 2.23. The number of hydrazone groups is 1. The summed E-state index contributed by atoms with van der Waals surface area (Å²) < 4.78 is 22.8. The summed E-state index contributed by atoms with van der Waals surface area (Å²) in [5.41, 5.74) is 4.52. The van der Waals surface area contributed by atoms with Gasteiger partial charge in [0.1, 0.15) is 11.5 Å². The average Bonchev–Trinajstić information content (AvgIpc) is 3.40. The maximum atomic E-state index is 12.3. The zero-order valence-corrected chi connectivity index (χ0v) is 23.4. The molecule has 1 aliphatic heterocycles. The number of urea groups is 1. The summed E-state index contributed by atoms with van der Waals surface area (Å²) in [5.74, 6) is 0.668. The normalized spacial score (nSPS) is 15.0. The lowest BCUT2D eigenvalue weighted by atomic mass is 9.95. The molecule has 0 spiro atoms. The number of rotatable bonds is 9. The molecule has 4 rings (SSSR count). The first-order valence-corrected chi connectivity index (χ1v) is 12.7. The number of carbonyl (C=O) groups excluding carboxylic acids is 3. The predicted octanol–water partition coefficient (Wildman–Crippen LogP) is 3.89. The predicted molar refractivity (Wildman–Crippen MR) is 150 cm³/mol. The number of carbonyl (C=O) groups is 3. The van der Waals surface area contributed by atoms with Gasteiger partial charge in [0, 0.05) is 14.8 Å². The first-order valence-electron chi connectivity index (χ1n) is 11.6. The van der Waals surface area contributed by atoms with Crippen LogP contribution in [0.3, 0.4) is 0 Å². The van der Waals surface area contributed by atoms with Crippen LogP contribution in [0, 0.1) is 3.57 Å². The molecule has 2 aromatic carbocycles. The molecular formula is C27H25IN4O7. The van der Waals surface area contributed by atoms with E-state index in [1.54, 1.807) is 31.2 Å². The Morgan fingerprint density at radius 2 is 1.87 bits per heavy atom. The van der Waals surface area contributed by atoms with Crippen molar-refractivity contribution in [2.24, 2.45) is 5.10 Å². The van der Waals surface area contributed by atoms with E-state index in [0.717, 1.165) is 9.13 Å². The number of allylic oxidation sites excluding steroid dienone is 1. The molecule has 11 nitrogen and oxygen atoms in total. The van der Waals surface area contributed by atoms with Gasteiger partial charge in [-0.15, -0.1) is 0 Å². The van der Waals surface area contributed by atoms with E-state index in [4.69, 9.17) is 18.6 Å². The van der Waals surface area contributed by atoms with Crippen molar-refractivity contribution in [2.45, 2.75) is 13.0 Å². The van der Waals surface area contributed by atoms with Crippen LogP contribution in [0.1, 0.15) is 24.3 Å². The second-order valence-electron chi connectivity index (χ2n) is 8.26. The van der Waals surface area contributed by atoms with Gasteiger partial charge in [0.2, 0.25) is 0 Å². The Labute approximate surface area is 237 Å². The Hall–Kier alpha value is -4.33. The van der Waals surface area contributed by atoms with Crippen molar-refractivity contribution in [3.05, 3.63) is 80.8 Å². The molecule has 3 aromatic rings. The molecule has 0 saturated heterocycles. The van der Waals surface area contributed by atoms with Crippen LogP contribution >= 0.6 is 22.6 Å². The van der Waals surface area contributed by atoms with E-state index in [2.05, 4.69) is 43.8 Å². The van der Waals surface area contributed by atoms with Crippen molar-refractivity contribution in [3.8, 4) is 22.8 Å². The highest BCUT2D eigenvalue weighted by atomic mass is 127. The minimum atomic E-state index is -0.764. The molecule has 12 heteroatoms. The number of furan rings is 1. The van der Waals surface area contributed by atoms with Gasteiger partial charge in [0.25, 0.3) is 5.91 Å². The molecule has 0 saturated carbocycles. The standard InChI is InChI=1S/C27H25IN4O7/c1-15-24(26(34)37-3)25(31-27(35)30-15)17-6-10-21(22(12-17)36-2)38-14-23(33)32-29-13-19-9-11-20(39-19)16-4-7-18(28)8-5-16/h4-13,25H,14H2,1-3H3,(H,32,33)(H2,30,31,35)/b29-13-/t25-/m0/s1. The van der Waals surface area contributed by atoms with Gasteiger partial charge in [-0.1, -0.05) is 18.2 Å². The molecular weight excluding hydrogens is 619 g/mol. The van der Waals surface area contributed by atoms with E-state index in [1.807, 2.05) is 30.3 Å². The van der Waals surface area contributed by atoms with Gasteiger partial charge in [-0.05, 0) is 71.5 Å². The second kappa shape index (κ2) is 12.5. The minimum absolute atomic E-state index is 0.257. The van der Waals surface area contributed by atoms with Crippen LogP contribution in [0.2, 0.25) is 0 Å². The quantitative estimate of drug-likeness (QED) is 0.139. The van der Waals surface area contributed by atoms with Gasteiger partial charge in [-0.25, -0.2) is 15.0 Å². The van der Waals surface area contributed by atoms with Crippen molar-refractivity contribution < 1.29 is 33.0 Å². The van der Waals surface area contributed by atoms with Crippen LogP contribution in [-0.4, -0.2) is 44.9 Å². The maximum absolute atomic E-state index is 12.3. The number of amides is 3. The molecule has 202 valence electrons. The number of hydrogen-bond acceptors (Lipinski definition) is 8. The summed E-state index contributed by atoms with van der Waals surface area (Å²) in [5, 5.41) is 9.19. The number of nitrogens with one attached hydrogen (secondary N) is 3. The van der Waals surface area contributed by atoms with E-state index in [0.29, 0.717) is 28.5 Å². The number of benzene rings is 2. The zero-order valence-electron chi connectivity index (χ0n) is 21.2. The highest BCUT2D eigenvalue weighted by Crippen LogP contribution is 2.34. The Bertz CT molecular complexity index is 1450. The lowest BCUT2D eigenvalue weighted by Gasteiger charge is -2.28. The zero-order chi connectivity index (χ0) is 27.9. The average molecular weight is 644 g/mol. The third-order valence-corrected chi connectivity index (χ3v) is 6.41. The summed E-state index contributed by atoms with van der Waals surface area (Å²) in [6.07, 6.45) is 1.39. The van der Waals surface area contributed by atoms with Crippen molar-refractivity contribution >= 4 is 46.7 Å². The second-order valence-corrected chi connectivity index (χ2v) is 9.51. The highest BCUT2D eigenvalue weighted by Gasteiger charge is 2.32. The first kappa shape index (κ1) is 27.7. The molecule has 3 N–H and O–H groups in total. The summed E-state index contributed by atoms with van der Waals surface area (Å²) in [4.78, 5) is 36.6. The number of nitrogens with zero attached hydrogens (tertiary/aromatic N) is 1. The molecule has 1 atom stereocenters. The fourth-order valence-electron chi connectivity index (χ4n) is 3.84. The smallest absolute Gasteiger partial charge is 0.337 e. The van der Waals surface area contributed by atoms with Crippen molar-refractivity contribution in [3.63, 3.8) is 0 Å². The van der Waals surface area contributed by atoms with Crippen molar-refractivity contribution in [2.75, 3.05) is 20.8 Å². The van der Waals surface area contributed by atoms with Crippen molar-refractivity contribution in [1.82, 2.24) is 16.1 Å². The van der Waals surface area contributed by atoms with Gasteiger partial charge in [-0.2, -0.15) is 5.10 Å². The van der Waals surface area contributed by atoms with Gasteiger partial charge in [-0.3, -0.25) is 4.79 Å². The monoisotopic (exact) mass is 644 g/mol. The summed E-state index contributed by atoms with van der Waals surface area (Å²) in [6.45, 7) is 1.28. The Morgan fingerprint density at radius 1 is 1.10 bits per heavy atom. The molecule has 39 heavy (non-hydrogen) atoms. The number of methoxy groups -OCH3 is 2. The molecule has 3 amide bonds. The molecule has 0 unspecified atom stereocenters. The number of esters is 1. The van der Waals surface area contributed by atoms with Crippen LogP contribution in [0.4, 0.5) is 4.79 Å². The van der Waals surface area contributed by atoms with Crippen LogP contribution in [0.15, 0.2) is 75.4 Å². The van der Waals surface area contributed by atoms with E-state index >= 15 is 0 Å². The first-order chi connectivity index (χ1) is 18.8. The fraction of sp³-hybridized carbons (Fsp3) is 0.185. The van der Waals surface area contributed by atoms with Crippen LogP contribution in [0.25, 0.3) is 11.3 Å². The molecule has 0 fully saturated rings. The largest absolute Gasteiger partial charge is 0.493 e. The lowest BCUT2D eigenvalue weighted by Crippen LogP contribution is -2.45. The molecule has 1 aromatic heterocycles. The Morgan fingerprint density at radius 3 is 2.59 bits per heavy atom. The van der Waals surface area contributed by atoms with Crippen molar-refractivity contribution in [1.29, 1.82) is 0 Å². The van der Waals surface area contributed by atoms with E-state index in [1.165, 1.54) is 20.4 Å². The third kappa shape index (κ3) is 6.76. The van der Waals surface area contributed by atoms with Crippen LogP contribution in [0.5, 0.6) is 11.5 Å². The van der Waals surface area contributed by atoms with E-state index in [-0.39, 0.29) is 17.9 Å². The van der Waals surface area contributed by atoms with Gasteiger partial charge < -0.3 is 29.3 Å². The molecule has 0 radical (unpaired) electrons. The Kier molecular flexibility index (Phi) is 8.86. The van der Waals surface area contributed by atoms with Crippen LogP contribution < -0.4 is 25.5 Å². The maximum Gasteiger partial charge on any atom is 0.337 e. The fourth-order valence-corrected chi connectivity index (χ4v) is 4.20. The van der Waals surface area contributed by atoms with Crippen LogP contribution in [-0.2, 0) is 14.3 Å². The van der Waals surface area contributed by atoms with Gasteiger partial charge in [0.15, 0.2) is 18.1 Å². The molecule has 1 aliphatic rings. The number of hydrogen-bond donors (Lipinski definition) is 3. The number of halogens is 1. The lowest BCUT2D eigenvalue weighted by molar-refractivity contribution is -0.136. The third-order valence-electron chi connectivity index (χ3n) is 5.69. The number of ether oxygens (including phenoxy) is 3. The van der Waals surface area contributed by atoms with E-state index in [9.17, 15) is 14.4 Å². The summed E-state index contributed by atoms with van der Waals surface area (Å²) in [7, 11) is 2.70. The van der Waals surface area contributed by atoms with Gasteiger partial charge in [0.05, 0.1) is 32.0 Å². The summed E-state index contributed by atoms with van der Waals surface area (Å²) in [6, 6.07) is 15.1. The highest BCUT2D eigenvalue weighted by molar-refractivity contribution is 14.1. The Balaban J connectivity index is 1.37. The molecule has 2 heterocycles. The SMILES string of the molecule is COC(=O)C1=C(C)NC(=O)N[C@H]1c1ccc(OCC(=O)N/N=C\c2ccc(-c3ccc(I)cc3)o2)c(OC)c1. The van der Waals surface area contributed by atoms with Gasteiger partial charge >= 0.3 is 12.0 Å². The molecule has 0 bridgehead atoms. The minimum Gasteiger partial charge on any atom is -0.493 e. The van der Waals surface area contributed by atoms with E-state index < -0.39 is 23.9 Å². The molecule has 0 aliphatic carbocycles. The topological polar surface area (TPSA) is 140 Å².